The summed E-state index contributed by atoms with van der Waals surface area (Å²) < 4.78 is 27.6. The van der Waals surface area contributed by atoms with Crippen molar-refractivity contribution in [3.05, 3.63) is 53.6 Å². The highest BCUT2D eigenvalue weighted by Crippen LogP contribution is 2.29. The third kappa shape index (κ3) is 4.56. The first-order valence-electron chi connectivity index (χ1n) is 11.0. The molecule has 0 aliphatic carbocycles. The van der Waals surface area contributed by atoms with E-state index in [0.717, 1.165) is 36.1 Å². The van der Waals surface area contributed by atoms with Gasteiger partial charge in [-0.3, -0.25) is 9.59 Å². The van der Waals surface area contributed by atoms with E-state index in [-0.39, 0.29) is 23.1 Å². The normalized spacial score (nSPS) is 19.9. The number of benzene rings is 2. The molecule has 2 aliphatic rings. The van der Waals surface area contributed by atoms with Gasteiger partial charge in [-0.1, -0.05) is 30.2 Å². The molecule has 1 N–H and O–H groups in total. The van der Waals surface area contributed by atoms with E-state index >= 15 is 0 Å². The first-order chi connectivity index (χ1) is 15.3. The van der Waals surface area contributed by atoms with E-state index in [9.17, 15) is 18.0 Å². The second kappa shape index (κ2) is 9.03. The third-order valence-electron chi connectivity index (χ3n) is 6.26. The minimum Gasteiger partial charge on any atom is -0.325 e. The van der Waals surface area contributed by atoms with Gasteiger partial charge in [0, 0.05) is 37.4 Å². The summed E-state index contributed by atoms with van der Waals surface area (Å²) in [5.74, 6) is -0.860. The number of hydrogen-bond acceptors (Lipinski definition) is 4. The van der Waals surface area contributed by atoms with Gasteiger partial charge in [0.25, 0.3) is 0 Å². The summed E-state index contributed by atoms with van der Waals surface area (Å²) >= 11 is 0. The van der Waals surface area contributed by atoms with Crippen LogP contribution in [0.2, 0.25) is 0 Å². The lowest BCUT2D eigenvalue weighted by Gasteiger charge is -2.26. The average molecular weight is 456 g/mol. The number of aryl methyl sites for hydroxylation is 2. The number of carbonyl (C=O) groups is 2. The van der Waals surface area contributed by atoms with Crippen molar-refractivity contribution in [3.63, 3.8) is 0 Å². The molecule has 7 nitrogen and oxygen atoms in total. The van der Waals surface area contributed by atoms with E-state index in [1.807, 2.05) is 38.1 Å². The van der Waals surface area contributed by atoms with Gasteiger partial charge in [-0.05, 0) is 56.5 Å². The minimum absolute atomic E-state index is 0.0906. The van der Waals surface area contributed by atoms with E-state index in [1.54, 1.807) is 17.0 Å². The number of anilines is 2. The molecule has 0 spiro atoms. The molecule has 0 aromatic heterocycles. The smallest absolute Gasteiger partial charge is 0.243 e. The Morgan fingerprint density at radius 1 is 1.00 bits per heavy atom. The molecule has 2 heterocycles. The highest BCUT2D eigenvalue weighted by atomic mass is 32.2. The monoisotopic (exact) mass is 455 g/mol. The number of nitrogens with zero attached hydrogens (tertiary/aromatic N) is 2. The maximum atomic E-state index is 13.0. The fourth-order valence-corrected chi connectivity index (χ4v) is 5.79. The highest BCUT2D eigenvalue weighted by Gasteiger charge is 2.35. The summed E-state index contributed by atoms with van der Waals surface area (Å²) in [6.07, 6.45) is 2.90. The van der Waals surface area contributed by atoms with Crippen molar-refractivity contribution in [3.8, 4) is 0 Å². The van der Waals surface area contributed by atoms with Crippen molar-refractivity contribution >= 4 is 33.2 Å². The molecular weight excluding hydrogens is 426 g/mol. The number of sulfonamides is 1. The van der Waals surface area contributed by atoms with E-state index < -0.39 is 15.9 Å². The maximum absolute atomic E-state index is 13.0. The van der Waals surface area contributed by atoms with Crippen LogP contribution in [-0.4, -0.2) is 44.2 Å². The lowest BCUT2D eigenvalue weighted by Crippen LogP contribution is -2.35. The molecule has 2 aromatic rings. The molecule has 0 saturated carbocycles. The van der Waals surface area contributed by atoms with Gasteiger partial charge >= 0.3 is 0 Å². The van der Waals surface area contributed by atoms with Crippen LogP contribution in [0, 0.1) is 19.8 Å². The molecule has 8 heteroatoms. The number of hydrogen-bond donors (Lipinski definition) is 1. The van der Waals surface area contributed by atoms with Crippen molar-refractivity contribution < 1.29 is 18.0 Å². The first kappa shape index (κ1) is 22.5. The van der Waals surface area contributed by atoms with Gasteiger partial charge in [0.05, 0.1) is 10.8 Å². The molecule has 2 aromatic carbocycles. The summed E-state index contributed by atoms with van der Waals surface area (Å²) in [7, 11) is -3.59. The molecule has 2 fully saturated rings. The van der Waals surface area contributed by atoms with Gasteiger partial charge in [0.2, 0.25) is 21.8 Å². The Morgan fingerprint density at radius 3 is 2.38 bits per heavy atom. The van der Waals surface area contributed by atoms with Crippen LogP contribution in [0.15, 0.2) is 47.4 Å². The van der Waals surface area contributed by atoms with Crippen LogP contribution < -0.4 is 10.2 Å². The maximum Gasteiger partial charge on any atom is 0.243 e. The molecule has 0 radical (unpaired) electrons. The van der Waals surface area contributed by atoms with Crippen molar-refractivity contribution in [2.24, 2.45) is 5.92 Å². The fourth-order valence-electron chi connectivity index (χ4n) is 4.24. The zero-order valence-electron chi connectivity index (χ0n) is 18.5. The lowest BCUT2D eigenvalue weighted by molar-refractivity contribution is -0.122. The summed E-state index contributed by atoms with van der Waals surface area (Å²) in [5, 5.41) is 2.87. The van der Waals surface area contributed by atoms with Gasteiger partial charge in [-0.15, -0.1) is 0 Å². The van der Waals surface area contributed by atoms with Crippen molar-refractivity contribution in [1.82, 2.24) is 4.31 Å². The third-order valence-corrected chi connectivity index (χ3v) is 8.16. The molecule has 2 aliphatic heterocycles. The van der Waals surface area contributed by atoms with Crippen molar-refractivity contribution in [2.45, 2.75) is 44.4 Å². The Morgan fingerprint density at radius 2 is 1.69 bits per heavy atom. The van der Waals surface area contributed by atoms with Crippen molar-refractivity contribution in [2.75, 3.05) is 29.9 Å². The predicted octanol–water partition coefficient (Wildman–Crippen LogP) is 3.47. The summed E-state index contributed by atoms with van der Waals surface area (Å²) in [5.41, 5.74) is 3.12. The first-order valence-corrected chi connectivity index (χ1v) is 12.5. The van der Waals surface area contributed by atoms with Crippen LogP contribution in [0.5, 0.6) is 0 Å². The van der Waals surface area contributed by atoms with Gasteiger partial charge in [-0.25, -0.2) is 8.42 Å². The Bertz CT molecular complexity index is 1120. The molecule has 4 rings (SSSR count). The SMILES string of the molecule is Cc1ccc(N2C[C@H](C(=O)Nc3cc(S(=O)(=O)N4CCCCC4)ccc3C)CC2=O)cc1. The number of carbonyl (C=O) groups excluding carboxylic acids is 2. The quantitative estimate of drug-likeness (QED) is 0.748. The molecule has 1 atom stereocenters. The van der Waals surface area contributed by atoms with Crippen LogP contribution in [0.3, 0.4) is 0 Å². The van der Waals surface area contributed by atoms with Crippen LogP contribution in [0.25, 0.3) is 0 Å². The molecule has 0 unspecified atom stereocenters. The summed E-state index contributed by atoms with van der Waals surface area (Å²) in [4.78, 5) is 27.3. The molecule has 0 bridgehead atoms. The van der Waals surface area contributed by atoms with Gasteiger partial charge < -0.3 is 10.2 Å². The topological polar surface area (TPSA) is 86.8 Å². The predicted molar refractivity (Wildman–Crippen MR) is 124 cm³/mol. The van der Waals surface area contributed by atoms with Gasteiger partial charge in [0.1, 0.15) is 0 Å². The molecule has 32 heavy (non-hydrogen) atoms. The van der Waals surface area contributed by atoms with Crippen LogP contribution >= 0.6 is 0 Å². The minimum atomic E-state index is -3.59. The summed E-state index contributed by atoms with van der Waals surface area (Å²) in [6, 6.07) is 12.5. The number of piperidine rings is 1. The van der Waals surface area contributed by atoms with Crippen LogP contribution in [0.1, 0.15) is 36.8 Å². The average Bonchev–Trinajstić information content (AvgIpc) is 3.18. The van der Waals surface area contributed by atoms with Crippen LogP contribution in [0.4, 0.5) is 11.4 Å². The molecular formula is C24H29N3O4S. The van der Waals surface area contributed by atoms with E-state index in [1.165, 1.54) is 10.4 Å². The van der Waals surface area contributed by atoms with Gasteiger partial charge in [0.15, 0.2) is 0 Å². The van der Waals surface area contributed by atoms with E-state index in [0.29, 0.717) is 25.3 Å². The van der Waals surface area contributed by atoms with Gasteiger partial charge in [-0.2, -0.15) is 4.31 Å². The number of rotatable bonds is 5. The number of nitrogens with one attached hydrogen (secondary N) is 1. The van der Waals surface area contributed by atoms with E-state index in [4.69, 9.17) is 0 Å². The highest BCUT2D eigenvalue weighted by molar-refractivity contribution is 7.89. The second-order valence-electron chi connectivity index (χ2n) is 8.67. The Balaban J connectivity index is 1.49. The molecule has 2 saturated heterocycles. The number of amides is 2. The zero-order valence-corrected chi connectivity index (χ0v) is 19.3. The summed E-state index contributed by atoms with van der Waals surface area (Å²) in [6.45, 7) is 5.16. The molecule has 170 valence electrons. The second-order valence-corrected chi connectivity index (χ2v) is 10.6. The molecule has 2 amide bonds. The zero-order chi connectivity index (χ0) is 22.9. The Hall–Kier alpha value is -2.71. The van der Waals surface area contributed by atoms with Crippen molar-refractivity contribution in [1.29, 1.82) is 0 Å². The van der Waals surface area contributed by atoms with Crippen LogP contribution in [-0.2, 0) is 19.6 Å². The Kier molecular flexibility index (Phi) is 6.35. The lowest BCUT2D eigenvalue weighted by atomic mass is 10.1. The standard InChI is InChI=1S/C24H29N3O4S/c1-17-6-9-20(10-7-17)27-16-19(14-23(27)28)24(29)25-22-15-21(11-8-18(22)2)32(30,31)26-12-4-3-5-13-26/h6-11,15,19H,3-5,12-14,16H2,1-2H3,(H,25,29)/t19-/m1/s1. The fraction of sp³-hybridized carbons (Fsp3) is 0.417. The van der Waals surface area contributed by atoms with E-state index in [2.05, 4.69) is 5.32 Å². The largest absolute Gasteiger partial charge is 0.325 e. The Labute approximate surface area is 189 Å².